The second-order valence-electron chi connectivity index (χ2n) is 6.88. The molecule has 0 saturated heterocycles. The largest absolute Gasteiger partial charge is 0.447 e. The average molecular weight is 380 g/mol. The standard InChI is InChI=1S/C19H25FN2O3S/c1-10(2)17(18(23)22-19(24)25-11(3)4)21-12(5)16-9-13-8-14(20)6-7-15(13)26-16/h6-12,17,21H,1-5H3,(H,22,23,24)/t12?,17-/m0/s1. The summed E-state index contributed by atoms with van der Waals surface area (Å²) in [6.07, 6.45) is -1.05. The van der Waals surface area contributed by atoms with Crippen molar-refractivity contribution in [3.63, 3.8) is 0 Å². The van der Waals surface area contributed by atoms with Crippen LogP contribution in [-0.2, 0) is 9.53 Å². The Hall–Kier alpha value is -1.99. The Kier molecular flexibility index (Phi) is 6.72. The Labute approximate surface area is 156 Å². The molecule has 0 aliphatic carbocycles. The highest BCUT2D eigenvalue weighted by Gasteiger charge is 2.27. The van der Waals surface area contributed by atoms with Gasteiger partial charge in [-0.05, 0) is 56.3 Å². The summed E-state index contributed by atoms with van der Waals surface area (Å²) in [5, 5.41) is 6.38. The molecule has 142 valence electrons. The van der Waals surface area contributed by atoms with E-state index in [0.717, 1.165) is 15.0 Å². The summed E-state index contributed by atoms with van der Waals surface area (Å²) in [4.78, 5) is 25.1. The summed E-state index contributed by atoms with van der Waals surface area (Å²) in [7, 11) is 0. The number of ether oxygens (including phenoxy) is 1. The van der Waals surface area contributed by atoms with Crippen molar-refractivity contribution in [1.29, 1.82) is 0 Å². The van der Waals surface area contributed by atoms with Gasteiger partial charge in [0.15, 0.2) is 0 Å². The average Bonchev–Trinajstić information content (AvgIpc) is 2.94. The lowest BCUT2D eigenvalue weighted by Gasteiger charge is -2.25. The summed E-state index contributed by atoms with van der Waals surface area (Å²) < 4.78 is 19.3. The zero-order valence-electron chi connectivity index (χ0n) is 15.6. The molecular weight excluding hydrogens is 355 g/mol. The Balaban J connectivity index is 2.09. The van der Waals surface area contributed by atoms with Gasteiger partial charge in [0.2, 0.25) is 5.91 Å². The molecule has 0 bridgehead atoms. The smallest absolute Gasteiger partial charge is 0.414 e. The van der Waals surface area contributed by atoms with Gasteiger partial charge in [-0.2, -0.15) is 0 Å². The molecule has 2 N–H and O–H groups in total. The molecule has 7 heteroatoms. The number of imide groups is 1. The first-order valence-electron chi connectivity index (χ1n) is 8.64. The van der Waals surface area contributed by atoms with Gasteiger partial charge >= 0.3 is 6.09 Å². The molecule has 2 amide bonds. The van der Waals surface area contributed by atoms with Crippen LogP contribution in [0.3, 0.4) is 0 Å². The molecule has 2 rings (SSSR count). The summed E-state index contributed by atoms with van der Waals surface area (Å²) in [5.74, 6) is -0.730. The molecule has 26 heavy (non-hydrogen) atoms. The zero-order chi connectivity index (χ0) is 19.4. The van der Waals surface area contributed by atoms with Crippen LogP contribution >= 0.6 is 11.3 Å². The number of halogens is 1. The Morgan fingerprint density at radius 1 is 1.12 bits per heavy atom. The molecule has 0 saturated carbocycles. The molecule has 0 radical (unpaired) electrons. The van der Waals surface area contributed by atoms with Gasteiger partial charge < -0.3 is 4.74 Å². The van der Waals surface area contributed by atoms with Crippen molar-refractivity contribution in [3.05, 3.63) is 35.0 Å². The van der Waals surface area contributed by atoms with Crippen LogP contribution < -0.4 is 10.6 Å². The maximum Gasteiger partial charge on any atom is 0.414 e. The van der Waals surface area contributed by atoms with Gasteiger partial charge in [0.25, 0.3) is 0 Å². The quantitative estimate of drug-likeness (QED) is 0.781. The molecule has 5 nitrogen and oxygen atoms in total. The maximum atomic E-state index is 13.4. The molecule has 0 aliphatic rings. The predicted octanol–water partition coefficient (Wildman–Crippen LogP) is 4.38. The van der Waals surface area contributed by atoms with Crippen molar-refractivity contribution in [2.24, 2.45) is 5.92 Å². The molecule has 0 fully saturated rings. The van der Waals surface area contributed by atoms with Crippen molar-refractivity contribution in [1.82, 2.24) is 10.6 Å². The highest BCUT2D eigenvalue weighted by Crippen LogP contribution is 2.30. The molecule has 0 spiro atoms. The minimum absolute atomic E-state index is 0.0314. The first-order chi connectivity index (χ1) is 12.2. The van der Waals surface area contributed by atoms with Crippen LogP contribution in [0, 0.1) is 11.7 Å². The van der Waals surface area contributed by atoms with E-state index in [9.17, 15) is 14.0 Å². The number of carbonyl (C=O) groups is 2. The van der Waals surface area contributed by atoms with E-state index in [1.165, 1.54) is 12.1 Å². The van der Waals surface area contributed by atoms with Crippen LogP contribution in [0.25, 0.3) is 10.1 Å². The number of carbonyl (C=O) groups excluding carboxylic acids is 2. The SMILES string of the molecule is CC(C)OC(=O)NC(=O)[C@@H](NC(C)c1cc2cc(F)ccc2s1)C(C)C. The van der Waals surface area contributed by atoms with Crippen LogP contribution in [-0.4, -0.2) is 24.1 Å². The third-order valence-electron chi connectivity index (χ3n) is 3.87. The molecule has 2 aromatic rings. The molecule has 1 aromatic carbocycles. The van der Waals surface area contributed by atoms with E-state index in [2.05, 4.69) is 10.6 Å². The van der Waals surface area contributed by atoms with Crippen LogP contribution in [0.1, 0.15) is 45.5 Å². The van der Waals surface area contributed by atoms with Gasteiger partial charge in [-0.15, -0.1) is 11.3 Å². The van der Waals surface area contributed by atoms with E-state index in [4.69, 9.17) is 4.74 Å². The Bertz CT molecular complexity index is 788. The van der Waals surface area contributed by atoms with Crippen LogP contribution in [0.5, 0.6) is 0 Å². The summed E-state index contributed by atoms with van der Waals surface area (Å²) in [6, 6.07) is 5.91. The number of amides is 2. The second kappa shape index (κ2) is 8.60. The minimum atomic E-state index is -0.748. The third-order valence-corrected chi connectivity index (χ3v) is 5.17. The number of nitrogens with one attached hydrogen (secondary N) is 2. The highest BCUT2D eigenvalue weighted by atomic mass is 32.1. The molecule has 1 unspecified atom stereocenters. The summed E-state index contributed by atoms with van der Waals surface area (Å²) >= 11 is 1.55. The molecule has 1 heterocycles. The first-order valence-corrected chi connectivity index (χ1v) is 9.45. The van der Waals surface area contributed by atoms with E-state index >= 15 is 0 Å². The lowest BCUT2D eigenvalue weighted by molar-refractivity contribution is -0.123. The number of hydrogen-bond donors (Lipinski definition) is 2. The predicted molar refractivity (Wildman–Crippen MR) is 102 cm³/mol. The van der Waals surface area contributed by atoms with Gasteiger partial charge in [0, 0.05) is 15.6 Å². The first kappa shape index (κ1) is 20.3. The number of benzene rings is 1. The van der Waals surface area contributed by atoms with E-state index in [-0.39, 0.29) is 23.9 Å². The molecule has 2 atom stereocenters. The fourth-order valence-corrected chi connectivity index (χ4v) is 3.65. The summed E-state index contributed by atoms with van der Waals surface area (Å²) in [5.41, 5.74) is 0. The van der Waals surface area contributed by atoms with E-state index in [1.807, 2.05) is 26.8 Å². The van der Waals surface area contributed by atoms with Crippen LogP contribution in [0.2, 0.25) is 0 Å². The van der Waals surface area contributed by atoms with Gasteiger partial charge in [-0.25, -0.2) is 9.18 Å². The van der Waals surface area contributed by atoms with Crippen molar-refractivity contribution in [2.75, 3.05) is 0 Å². The fraction of sp³-hybridized carbons (Fsp3) is 0.474. The number of hydrogen-bond acceptors (Lipinski definition) is 5. The third kappa shape index (κ3) is 5.25. The van der Waals surface area contributed by atoms with Crippen molar-refractivity contribution in [3.8, 4) is 0 Å². The van der Waals surface area contributed by atoms with Gasteiger partial charge in [0.05, 0.1) is 12.1 Å². The highest BCUT2D eigenvalue weighted by molar-refractivity contribution is 7.19. The monoisotopic (exact) mass is 380 g/mol. The van der Waals surface area contributed by atoms with Gasteiger partial charge in [0.1, 0.15) is 5.82 Å². The van der Waals surface area contributed by atoms with Crippen molar-refractivity contribution >= 4 is 33.4 Å². The fourth-order valence-electron chi connectivity index (χ4n) is 2.59. The Morgan fingerprint density at radius 2 is 1.81 bits per heavy atom. The normalized spacial score (nSPS) is 13.8. The zero-order valence-corrected chi connectivity index (χ0v) is 16.4. The maximum absolute atomic E-state index is 13.4. The van der Waals surface area contributed by atoms with E-state index in [0.29, 0.717) is 0 Å². The topological polar surface area (TPSA) is 67.4 Å². The molecule has 1 aromatic heterocycles. The van der Waals surface area contributed by atoms with E-state index < -0.39 is 18.0 Å². The minimum Gasteiger partial charge on any atom is -0.447 e. The Morgan fingerprint density at radius 3 is 2.42 bits per heavy atom. The molecular formula is C19H25FN2O3S. The van der Waals surface area contributed by atoms with Crippen molar-refractivity contribution < 1.29 is 18.7 Å². The van der Waals surface area contributed by atoms with Crippen molar-refractivity contribution in [2.45, 2.75) is 52.8 Å². The lowest BCUT2D eigenvalue weighted by Crippen LogP contribution is -2.50. The number of fused-ring (bicyclic) bond motifs is 1. The molecule has 0 aliphatic heterocycles. The number of rotatable bonds is 6. The van der Waals surface area contributed by atoms with E-state index in [1.54, 1.807) is 31.3 Å². The summed E-state index contributed by atoms with van der Waals surface area (Å²) in [6.45, 7) is 9.18. The second-order valence-corrected chi connectivity index (χ2v) is 8.00. The van der Waals surface area contributed by atoms with Gasteiger partial charge in [-0.1, -0.05) is 13.8 Å². The number of thiophene rings is 1. The van der Waals surface area contributed by atoms with Crippen LogP contribution in [0.4, 0.5) is 9.18 Å². The van der Waals surface area contributed by atoms with Gasteiger partial charge in [-0.3, -0.25) is 15.4 Å². The number of alkyl carbamates (subject to hydrolysis) is 1. The lowest BCUT2D eigenvalue weighted by atomic mass is 10.0. The van der Waals surface area contributed by atoms with Crippen LogP contribution in [0.15, 0.2) is 24.3 Å².